The highest BCUT2D eigenvalue weighted by Crippen LogP contribution is 2.49. The number of thioether (sulfide) groups is 1. The third-order valence-electron chi connectivity index (χ3n) is 7.71. The van der Waals surface area contributed by atoms with Crippen LogP contribution < -0.4 is 5.56 Å². The van der Waals surface area contributed by atoms with Crippen molar-refractivity contribution in [2.24, 2.45) is 0 Å². The van der Waals surface area contributed by atoms with E-state index >= 15 is 0 Å². The first kappa shape index (κ1) is 22.9. The van der Waals surface area contributed by atoms with Crippen molar-refractivity contribution in [3.63, 3.8) is 0 Å². The first-order valence-corrected chi connectivity index (χ1v) is 13.4. The van der Waals surface area contributed by atoms with Crippen LogP contribution >= 0.6 is 11.8 Å². The summed E-state index contributed by atoms with van der Waals surface area (Å²) in [5, 5.41) is 0.840. The summed E-state index contributed by atoms with van der Waals surface area (Å²) in [5.74, 6) is 0.768. The molecule has 1 atom stereocenters. The van der Waals surface area contributed by atoms with Gasteiger partial charge >= 0.3 is 0 Å². The maximum absolute atomic E-state index is 14.5. The smallest absolute Gasteiger partial charge is 0.258 e. The molecule has 4 nitrogen and oxygen atoms in total. The molecule has 1 aromatic heterocycles. The summed E-state index contributed by atoms with van der Waals surface area (Å²) in [4.78, 5) is 19.8. The van der Waals surface area contributed by atoms with Gasteiger partial charge in [0.1, 0.15) is 0 Å². The number of aromatic nitrogens is 2. The Morgan fingerprint density at radius 2 is 2.00 bits per heavy atom. The molecule has 5 heteroatoms. The van der Waals surface area contributed by atoms with E-state index in [0.717, 1.165) is 65.4 Å². The van der Waals surface area contributed by atoms with Gasteiger partial charge in [0.25, 0.3) is 5.56 Å². The molecule has 1 unspecified atom stereocenters. The predicted molar refractivity (Wildman–Crippen MR) is 136 cm³/mol. The Labute approximate surface area is 201 Å². The van der Waals surface area contributed by atoms with Crippen molar-refractivity contribution in [1.29, 1.82) is 0 Å². The molecule has 2 fully saturated rings. The number of nitrogens with zero attached hydrogens (tertiary/aromatic N) is 2. The Hall–Kier alpha value is -1.85. The lowest BCUT2D eigenvalue weighted by atomic mass is 9.62. The van der Waals surface area contributed by atoms with Crippen LogP contribution in [0.4, 0.5) is 0 Å². The van der Waals surface area contributed by atoms with Crippen LogP contribution in [0.3, 0.4) is 0 Å². The molecule has 2 aliphatic carbocycles. The molecule has 0 bridgehead atoms. The van der Waals surface area contributed by atoms with Crippen LogP contribution in [0, 0.1) is 0 Å². The second-order valence-electron chi connectivity index (χ2n) is 11.0. The molecule has 0 radical (unpaired) electrons. The fourth-order valence-corrected chi connectivity index (χ4v) is 7.13. The summed E-state index contributed by atoms with van der Waals surface area (Å²) in [6.07, 6.45) is 8.47. The van der Waals surface area contributed by atoms with Gasteiger partial charge in [-0.15, -0.1) is 0 Å². The van der Waals surface area contributed by atoms with Crippen molar-refractivity contribution in [3.8, 4) is 11.3 Å². The SMILES string of the molecule is C=C(C)CSc1nc2c(c(=O)n1C1CCOC(C)(C)C1)C1(CCCCC1)Cc1ccccc1-2. The van der Waals surface area contributed by atoms with E-state index in [4.69, 9.17) is 9.72 Å². The standard InChI is InChI=1S/C28H36N2O2S/c1-19(2)18-33-26-29-24-22-11-7-6-10-20(22)16-28(13-8-5-9-14-28)23(24)25(31)30(26)21-12-15-32-27(3,4)17-21/h6-7,10-11,21H,1,5,8-9,12-18H2,2-4H3. The van der Waals surface area contributed by atoms with E-state index in [1.807, 2.05) is 6.92 Å². The Morgan fingerprint density at radius 3 is 2.73 bits per heavy atom. The molecule has 1 saturated heterocycles. The molecule has 1 spiro atoms. The van der Waals surface area contributed by atoms with Crippen molar-refractivity contribution in [1.82, 2.24) is 9.55 Å². The van der Waals surface area contributed by atoms with Gasteiger partial charge in [0.05, 0.1) is 16.9 Å². The van der Waals surface area contributed by atoms with Crippen molar-refractivity contribution in [2.75, 3.05) is 12.4 Å². The number of benzene rings is 1. The molecule has 33 heavy (non-hydrogen) atoms. The third kappa shape index (κ3) is 4.23. The van der Waals surface area contributed by atoms with Crippen LogP contribution in [0.1, 0.15) is 82.9 Å². The highest BCUT2D eigenvalue weighted by molar-refractivity contribution is 7.99. The minimum absolute atomic E-state index is 0.0774. The van der Waals surface area contributed by atoms with Crippen molar-refractivity contribution in [2.45, 2.75) is 94.4 Å². The van der Waals surface area contributed by atoms with E-state index in [2.05, 4.69) is 49.3 Å². The predicted octanol–water partition coefficient (Wildman–Crippen LogP) is 6.47. The Kier molecular flexibility index (Phi) is 6.07. The quantitative estimate of drug-likeness (QED) is 0.296. The van der Waals surface area contributed by atoms with Crippen LogP contribution in [0.25, 0.3) is 11.3 Å². The summed E-state index contributed by atoms with van der Waals surface area (Å²) in [6.45, 7) is 11.1. The number of fused-ring (bicyclic) bond motifs is 4. The van der Waals surface area contributed by atoms with E-state index in [-0.39, 0.29) is 22.6 Å². The molecule has 1 aliphatic heterocycles. The van der Waals surface area contributed by atoms with E-state index < -0.39 is 0 Å². The topological polar surface area (TPSA) is 44.1 Å². The monoisotopic (exact) mass is 464 g/mol. The average molecular weight is 465 g/mol. The highest BCUT2D eigenvalue weighted by atomic mass is 32.2. The van der Waals surface area contributed by atoms with Gasteiger partial charge in [-0.3, -0.25) is 9.36 Å². The zero-order valence-electron chi connectivity index (χ0n) is 20.3. The second kappa shape index (κ2) is 8.74. The van der Waals surface area contributed by atoms with Crippen molar-refractivity contribution >= 4 is 11.8 Å². The molecule has 1 saturated carbocycles. The molecule has 176 valence electrons. The number of hydrogen-bond donors (Lipinski definition) is 0. The molecule has 5 rings (SSSR count). The fraction of sp³-hybridized carbons (Fsp3) is 0.571. The average Bonchev–Trinajstić information content (AvgIpc) is 2.77. The van der Waals surface area contributed by atoms with Crippen LogP contribution in [-0.4, -0.2) is 27.5 Å². The largest absolute Gasteiger partial charge is 0.375 e. The van der Waals surface area contributed by atoms with Crippen molar-refractivity contribution in [3.05, 3.63) is 57.9 Å². The molecular weight excluding hydrogens is 428 g/mol. The fourth-order valence-electron chi connectivity index (χ4n) is 6.23. The van der Waals surface area contributed by atoms with Gasteiger partial charge in [-0.2, -0.15) is 0 Å². The Bertz CT molecular complexity index is 1130. The van der Waals surface area contributed by atoms with Gasteiger partial charge in [0, 0.05) is 29.4 Å². The highest BCUT2D eigenvalue weighted by Gasteiger charge is 2.44. The second-order valence-corrected chi connectivity index (χ2v) is 11.9. The molecule has 2 aromatic rings. The van der Waals surface area contributed by atoms with Crippen LogP contribution in [0.5, 0.6) is 0 Å². The van der Waals surface area contributed by atoms with Crippen LogP contribution in [-0.2, 0) is 16.6 Å². The first-order chi connectivity index (χ1) is 15.8. The van der Waals surface area contributed by atoms with Gasteiger partial charge in [-0.05, 0) is 58.4 Å². The Morgan fingerprint density at radius 1 is 1.24 bits per heavy atom. The zero-order valence-corrected chi connectivity index (χ0v) is 21.1. The molecule has 0 N–H and O–H groups in total. The summed E-state index contributed by atoms with van der Waals surface area (Å²) in [5.41, 5.74) is 5.41. The normalized spacial score (nSPS) is 23.1. The number of rotatable bonds is 4. The lowest BCUT2D eigenvalue weighted by Gasteiger charge is -2.43. The molecule has 1 aromatic carbocycles. The van der Waals surface area contributed by atoms with E-state index in [9.17, 15) is 4.79 Å². The maximum Gasteiger partial charge on any atom is 0.258 e. The maximum atomic E-state index is 14.5. The minimum atomic E-state index is -0.232. The lowest BCUT2D eigenvalue weighted by molar-refractivity contribution is -0.0710. The van der Waals surface area contributed by atoms with Gasteiger partial charge < -0.3 is 4.74 Å². The van der Waals surface area contributed by atoms with Gasteiger partial charge in [-0.25, -0.2) is 4.98 Å². The van der Waals surface area contributed by atoms with Gasteiger partial charge in [0.2, 0.25) is 0 Å². The summed E-state index contributed by atoms with van der Waals surface area (Å²) >= 11 is 1.66. The lowest BCUT2D eigenvalue weighted by Crippen LogP contribution is -2.45. The van der Waals surface area contributed by atoms with Gasteiger partial charge in [-0.1, -0.05) is 67.4 Å². The first-order valence-electron chi connectivity index (χ1n) is 12.5. The van der Waals surface area contributed by atoms with E-state index in [1.165, 1.54) is 24.8 Å². The number of hydrogen-bond acceptors (Lipinski definition) is 4. The molecule has 0 amide bonds. The summed E-state index contributed by atoms with van der Waals surface area (Å²) < 4.78 is 8.06. The molecular formula is C28H36N2O2S. The van der Waals surface area contributed by atoms with Crippen LogP contribution in [0.2, 0.25) is 0 Å². The molecule has 2 heterocycles. The number of ether oxygens (including phenoxy) is 1. The third-order valence-corrected chi connectivity index (χ3v) is 8.89. The summed E-state index contributed by atoms with van der Waals surface area (Å²) in [6, 6.07) is 8.72. The van der Waals surface area contributed by atoms with Gasteiger partial charge in [0.15, 0.2) is 5.16 Å². The van der Waals surface area contributed by atoms with E-state index in [0.29, 0.717) is 6.61 Å². The summed E-state index contributed by atoms with van der Waals surface area (Å²) in [7, 11) is 0. The minimum Gasteiger partial charge on any atom is -0.375 e. The van der Waals surface area contributed by atoms with Crippen LogP contribution in [0.15, 0.2) is 46.4 Å². The molecule has 3 aliphatic rings. The van der Waals surface area contributed by atoms with E-state index in [1.54, 1.807) is 11.8 Å². The Balaban J connectivity index is 1.74. The van der Waals surface area contributed by atoms with Crippen molar-refractivity contribution < 1.29 is 4.74 Å². The zero-order chi connectivity index (χ0) is 23.2.